The highest BCUT2D eigenvalue weighted by molar-refractivity contribution is 6.06. The molecule has 0 spiro atoms. The number of nitrogens with one attached hydrogen (secondary N) is 1. The molecular formula is C13H10FNO3. The Morgan fingerprint density at radius 1 is 1.11 bits per heavy atom. The predicted octanol–water partition coefficient (Wildman–Crippen LogP) is 2.49. The number of amides is 1. The molecule has 92 valence electrons. The van der Waals surface area contributed by atoms with E-state index in [9.17, 15) is 19.4 Å². The second-order valence-corrected chi connectivity index (χ2v) is 3.64. The van der Waals surface area contributed by atoms with Gasteiger partial charge in [-0.2, -0.15) is 0 Å². The van der Waals surface area contributed by atoms with Crippen LogP contribution in [0.4, 0.5) is 10.1 Å². The third-order valence-electron chi connectivity index (χ3n) is 2.34. The number of phenolic OH excluding ortho intramolecular Hbond substituents is 2. The highest BCUT2D eigenvalue weighted by Gasteiger charge is 2.13. The van der Waals surface area contributed by atoms with E-state index in [4.69, 9.17) is 0 Å². The number of benzene rings is 2. The Morgan fingerprint density at radius 2 is 1.83 bits per heavy atom. The minimum Gasteiger partial charge on any atom is -0.504 e. The number of hydrogen-bond acceptors (Lipinski definition) is 3. The lowest BCUT2D eigenvalue weighted by molar-refractivity contribution is 0.102. The largest absolute Gasteiger partial charge is 0.504 e. The molecule has 2 aromatic rings. The SMILES string of the molecule is O=C(Nc1cccc(F)c1)c1cccc(O)c1O. The fraction of sp³-hybridized carbons (Fsp3) is 0. The third-order valence-corrected chi connectivity index (χ3v) is 2.34. The number of carbonyl (C=O) groups excluding carboxylic acids is 1. The van der Waals surface area contributed by atoms with E-state index in [1.54, 1.807) is 0 Å². The summed E-state index contributed by atoms with van der Waals surface area (Å²) < 4.78 is 12.9. The predicted molar refractivity (Wildman–Crippen MR) is 64.1 cm³/mol. The second-order valence-electron chi connectivity index (χ2n) is 3.64. The van der Waals surface area contributed by atoms with Crippen LogP contribution in [-0.2, 0) is 0 Å². The standard InChI is InChI=1S/C13H10FNO3/c14-8-3-1-4-9(7-8)15-13(18)10-5-2-6-11(16)12(10)17/h1-7,16-17H,(H,15,18). The molecule has 0 aliphatic heterocycles. The zero-order valence-corrected chi connectivity index (χ0v) is 9.22. The van der Waals surface area contributed by atoms with Crippen LogP contribution in [0, 0.1) is 5.82 Å². The highest BCUT2D eigenvalue weighted by atomic mass is 19.1. The van der Waals surface area contributed by atoms with Gasteiger partial charge in [-0.3, -0.25) is 4.79 Å². The van der Waals surface area contributed by atoms with E-state index < -0.39 is 17.5 Å². The number of rotatable bonds is 2. The minimum atomic E-state index is -0.631. The fourth-order valence-electron chi connectivity index (χ4n) is 1.48. The van der Waals surface area contributed by atoms with Gasteiger partial charge in [-0.25, -0.2) is 4.39 Å². The van der Waals surface area contributed by atoms with Crippen LogP contribution in [0.1, 0.15) is 10.4 Å². The van der Waals surface area contributed by atoms with Crippen LogP contribution in [0.3, 0.4) is 0 Å². The summed E-state index contributed by atoms with van der Waals surface area (Å²) in [6.07, 6.45) is 0. The zero-order chi connectivity index (χ0) is 13.1. The average molecular weight is 247 g/mol. The molecule has 4 nitrogen and oxygen atoms in total. The van der Waals surface area contributed by atoms with E-state index >= 15 is 0 Å². The first kappa shape index (κ1) is 11.9. The van der Waals surface area contributed by atoms with E-state index in [2.05, 4.69) is 5.32 Å². The van der Waals surface area contributed by atoms with Crippen molar-refractivity contribution in [3.8, 4) is 11.5 Å². The second kappa shape index (κ2) is 4.75. The van der Waals surface area contributed by atoms with Crippen molar-refractivity contribution in [3.63, 3.8) is 0 Å². The van der Waals surface area contributed by atoms with Crippen LogP contribution in [0.5, 0.6) is 11.5 Å². The topological polar surface area (TPSA) is 69.6 Å². The van der Waals surface area contributed by atoms with Crippen molar-refractivity contribution in [2.75, 3.05) is 5.32 Å². The minimum absolute atomic E-state index is 0.0840. The number of para-hydroxylation sites is 1. The Balaban J connectivity index is 2.25. The highest BCUT2D eigenvalue weighted by Crippen LogP contribution is 2.28. The lowest BCUT2D eigenvalue weighted by Gasteiger charge is -2.07. The van der Waals surface area contributed by atoms with Crippen LogP contribution in [0.25, 0.3) is 0 Å². The van der Waals surface area contributed by atoms with E-state index in [1.807, 2.05) is 0 Å². The van der Waals surface area contributed by atoms with Crippen molar-refractivity contribution < 1.29 is 19.4 Å². The maximum absolute atomic E-state index is 12.9. The van der Waals surface area contributed by atoms with Crippen molar-refractivity contribution in [1.29, 1.82) is 0 Å². The Kier molecular flexibility index (Phi) is 3.14. The molecule has 0 aliphatic rings. The van der Waals surface area contributed by atoms with Crippen molar-refractivity contribution in [1.82, 2.24) is 0 Å². The normalized spacial score (nSPS) is 10.1. The third kappa shape index (κ3) is 2.40. The van der Waals surface area contributed by atoms with Crippen LogP contribution >= 0.6 is 0 Å². The number of phenols is 2. The number of carbonyl (C=O) groups is 1. The van der Waals surface area contributed by atoms with Gasteiger partial charge in [0.25, 0.3) is 5.91 Å². The van der Waals surface area contributed by atoms with Gasteiger partial charge < -0.3 is 15.5 Å². The number of halogens is 1. The van der Waals surface area contributed by atoms with Crippen LogP contribution < -0.4 is 5.32 Å². The monoisotopic (exact) mass is 247 g/mol. The van der Waals surface area contributed by atoms with Gasteiger partial charge in [0.05, 0.1) is 5.56 Å². The maximum Gasteiger partial charge on any atom is 0.259 e. The van der Waals surface area contributed by atoms with E-state index in [-0.39, 0.29) is 17.0 Å². The zero-order valence-electron chi connectivity index (χ0n) is 9.22. The number of hydrogen-bond donors (Lipinski definition) is 3. The summed E-state index contributed by atoms with van der Waals surface area (Å²) in [5.74, 6) is -2.00. The van der Waals surface area contributed by atoms with Crippen molar-refractivity contribution >= 4 is 11.6 Å². The summed E-state index contributed by atoms with van der Waals surface area (Å²) in [6.45, 7) is 0. The Hall–Kier alpha value is -2.56. The van der Waals surface area contributed by atoms with Gasteiger partial charge in [-0.15, -0.1) is 0 Å². The molecule has 0 atom stereocenters. The summed E-state index contributed by atoms with van der Waals surface area (Å²) in [4.78, 5) is 11.8. The van der Waals surface area contributed by atoms with Crippen molar-refractivity contribution in [2.24, 2.45) is 0 Å². The molecule has 0 fully saturated rings. The summed E-state index contributed by atoms with van der Waals surface area (Å²) in [7, 11) is 0. The molecule has 1 amide bonds. The Labute approximate surface area is 102 Å². The molecule has 18 heavy (non-hydrogen) atoms. The van der Waals surface area contributed by atoms with Gasteiger partial charge in [-0.1, -0.05) is 12.1 Å². The van der Waals surface area contributed by atoms with Gasteiger partial charge in [0.15, 0.2) is 11.5 Å². The molecule has 0 bridgehead atoms. The van der Waals surface area contributed by atoms with E-state index in [0.29, 0.717) is 0 Å². The molecule has 0 heterocycles. The first-order valence-electron chi connectivity index (χ1n) is 5.16. The van der Waals surface area contributed by atoms with E-state index in [1.165, 1.54) is 36.4 Å². The lowest BCUT2D eigenvalue weighted by atomic mass is 10.1. The van der Waals surface area contributed by atoms with Gasteiger partial charge in [0, 0.05) is 5.69 Å². The lowest BCUT2D eigenvalue weighted by Crippen LogP contribution is -2.12. The quantitative estimate of drug-likeness (QED) is 0.714. The smallest absolute Gasteiger partial charge is 0.259 e. The van der Waals surface area contributed by atoms with Gasteiger partial charge >= 0.3 is 0 Å². The maximum atomic E-state index is 12.9. The summed E-state index contributed by atoms with van der Waals surface area (Å²) in [5.41, 5.74) is 0.182. The molecule has 0 aromatic heterocycles. The fourth-order valence-corrected chi connectivity index (χ4v) is 1.48. The molecule has 2 rings (SSSR count). The summed E-state index contributed by atoms with van der Waals surface area (Å²) in [5, 5.41) is 21.2. The Morgan fingerprint density at radius 3 is 2.56 bits per heavy atom. The molecule has 0 saturated heterocycles. The molecule has 0 saturated carbocycles. The molecule has 0 aliphatic carbocycles. The molecular weight excluding hydrogens is 237 g/mol. The summed E-state index contributed by atoms with van der Waals surface area (Å²) in [6, 6.07) is 9.40. The Bertz CT molecular complexity index is 599. The summed E-state index contributed by atoms with van der Waals surface area (Å²) >= 11 is 0. The molecule has 2 aromatic carbocycles. The van der Waals surface area contributed by atoms with Crippen LogP contribution in [-0.4, -0.2) is 16.1 Å². The van der Waals surface area contributed by atoms with Gasteiger partial charge in [0.1, 0.15) is 5.82 Å². The van der Waals surface area contributed by atoms with Gasteiger partial charge in [0.2, 0.25) is 0 Å². The first-order chi connectivity index (χ1) is 8.58. The molecule has 0 unspecified atom stereocenters. The molecule has 5 heteroatoms. The van der Waals surface area contributed by atoms with Crippen LogP contribution in [0.15, 0.2) is 42.5 Å². The first-order valence-corrected chi connectivity index (χ1v) is 5.16. The van der Waals surface area contributed by atoms with Gasteiger partial charge in [-0.05, 0) is 30.3 Å². The number of anilines is 1. The molecule has 3 N–H and O–H groups in total. The number of aromatic hydroxyl groups is 2. The van der Waals surface area contributed by atoms with Crippen molar-refractivity contribution in [2.45, 2.75) is 0 Å². The van der Waals surface area contributed by atoms with Crippen molar-refractivity contribution in [3.05, 3.63) is 53.8 Å². The molecule has 0 radical (unpaired) electrons. The van der Waals surface area contributed by atoms with E-state index in [0.717, 1.165) is 6.07 Å². The van der Waals surface area contributed by atoms with Crippen LogP contribution in [0.2, 0.25) is 0 Å². The average Bonchev–Trinajstić information content (AvgIpc) is 2.32.